The maximum Gasteiger partial charge on any atom is 0.337 e. The predicted octanol–water partition coefficient (Wildman–Crippen LogP) is 0.758. The minimum Gasteiger partial charge on any atom is -0.466 e. The first kappa shape index (κ1) is 18.5. The van der Waals surface area contributed by atoms with E-state index in [0.717, 1.165) is 24.1 Å². The zero-order chi connectivity index (χ0) is 20.1. The molecule has 1 aromatic carbocycles. The molecule has 8 nitrogen and oxygen atoms in total. The Morgan fingerprint density at radius 2 is 2.07 bits per heavy atom. The molecule has 0 unspecified atom stereocenters. The van der Waals surface area contributed by atoms with Crippen molar-refractivity contribution >= 4 is 29.2 Å². The predicted molar refractivity (Wildman–Crippen MR) is 102 cm³/mol. The van der Waals surface area contributed by atoms with Gasteiger partial charge < -0.3 is 25.0 Å². The van der Waals surface area contributed by atoms with Crippen LogP contribution in [0.25, 0.3) is 0 Å². The molecule has 1 fully saturated rings. The van der Waals surface area contributed by atoms with Crippen molar-refractivity contribution in [2.24, 2.45) is 0 Å². The molecule has 1 aliphatic carbocycles. The van der Waals surface area contributed by atoms with Crippen molar-refractivity contribution in [1.82, 2.24) is 4.90 Å². The summed E-state index contributed by atoms with van der Waals surface area (Å²) in [5.74, 6) is -0.959. The van der Waals surface area contributed by atoms with Crippen LogP contribution in [-0.4, -0.2) is 61.1 Å². The van der Waals surface area contributed by atoms with Gasteiger partial charge in [0.15, 0.2) is 0 Å². The summed E-state index contributed by atoms with van der Waals surface area (Å²) in [5, 5.41) is 12.2. The van der Waals surface area contributed by atoms with Gasteiger partial charge in [-0.2, -0.15) is 0 Å². The average molecular weight is 385 g/mol. The van der Waals surface area contributed by atoms with Gasteiger partial charge in [-0.1, -0.05) is 6.07 Å². The largest absolute Gasteiger partial charge is 0.466 e. The highest BCUT2D eigenvalue weighted by Gasteiger charge is 2.52. The van der Waals surface area contributed by atoms with E-state index in [9.17, 15) is 14.4 Å². The molecule has 0 radical (unpaired) electrons. The lowest BCUT2D eigenvalue weighted by molar-refractivity contribution is -0.136. The van der Waals surface area contributed by atoms with Gasteiger partial charge in [0, 0.05) is 36.8 Å². The maximum atomic E-state index is 12.7. The molecular formula is C20H23N3O5. The van der Waals surface area contributed by atoms with E-state index in [2.05, 4.69) is 5.32 Å². The number of esters is 1. The van der Waals surface area contributed by atoms with Crippen molar-refractivity contribution in [2.45, 2.75) is 25.2 Å². The number of fused-ring (bicyclic) bond motifs is 2. The van der Waals surface area contributed by atoms with E-state index in [4.69, 9.17) is 9.84 Å². The normalized spacial score (nSPS) is 19.3. The van der Waals surface area contributed by atoms with Crippen molar-refractivity contribution in [1.29, 1.82) is 0 Å². The van der Waals surface area contributed by atoms with E-state index in [1.807, 2.05) is 18.2 Å². The second-order valence-corrected chi connectivity index (χ2v) is 7.54. The third kappa shape index (κ3) is 2.84. The highest BCUT2D eigenvalue weighted by atomic mass is 16.5. The van der Waals surface area contributed by atoms with Crippen LogP contribution in [0.1, 0.15) is 25.3 Å². The number of hydrogen-bond acceptors (Lipinski definition) is 6. The number of benzene rings is 1. The fourth-order valence-corrected chi connectivity index (χ4v) is 4.11. The maximum absolute atomic E-state index is 12.7. The summed E-state index contributed by atoms with van der Waals surface area (Å²) in [7, 11) is 1.27. The molecule has 4 rings (SSSR count). The molecule has 1 spiro atoms. The van der Waals surface area contributed by atoms with Crippen molar-refractivity contribution in [3.63, 3.8) is 0 Å². The number of ether oxygens (including phenoxy) is 1. The Labute approximate surface area is 162 Å². The average Bonchev–Trinajstić information content (AvgIpc) is 3.30. The van der Waals surface area contributed by atoms with Gasteiger partial charge in [0.05, 0.1) is 25.8 Å². The van der Waals surface area contributed by atoms with Crippen LogP contribution < -0.4 is 10.2 Å². The smallest absolute Gasteiger partial charge is 0.337 e. The van der Waals surface area contributed by atoms with Crippen LogP contribution in [0.15, 0.2) is 29.5 Å². The number of rotatable bonds is 5. The topological polar surface area (TPSA) is 99.2 Å². The molecule has 0 saturated heterocycles. The highest BCUT2D eigenvalue weighted by molar-refractivity contribution is 6.08. The SMILES string of the molecule is COC(=O)C1=C(Nc2ccc3c(c2)N(C(C)=O)CC32CC2)C(=O)N(CCO)C1. The van der Waals surface area contributed by atoms with Crippen LogP contribution in [0.5, 0.6) is 0 Å². The molecule has 28 heavy (non-hydrogen) atoms. The third-order valence-electron chi connectivity index (χ3n) is 5.78. The van der Waals surface area contributed by atoms with Gasteiger partial charge in [-0.25, -0.2) is 4.79 Å². The molecular weight excluding hydrogens is 362 g/mol. The number of nitrogens with zero attached hydrogens (tertiary/aromatic N) is 2. The van der Waals surface area contributed by atoms with E-state index in [1.165, 1.54) is 12.0 Å². The molecule has 8 heteroatoms. The summed E-state index contributed by atoms with van der Waals surface area (Å²) < 4.78 is 4.80. The molecule has 3 aliphatic rings. The van der Waals surface area contributed by atoms with Gasteiger partial charge in [-0.05, 0) is 30.5 Å². The van der Waals surface area contributed by atoms with Gasteiger partial charge in [0.1, 0.15) is 5.70 Å². The molecule has 0 atom stereocenters. The van der Waals surface area contributed by atoms with Crippen LogP contribution in [0.2, 0.25) is 0 Å². The second kappa shape index (κ2) is 6.63. The van der Waals surface area contributed by atoms with E-state index in [1.54, 1.807) is 11.8 Å². The minimum absolute atomic E-state index is 0.0114. The Bertz CT molecular complexity index is 903. The number of methoxy groups -OCH3 is 1. The van der Waals surface area contributed by atoms with Gasteiger partial charge in [0.25, 0.3) is 5.91 Å². The number of aliphatic hydroxyl groups is 1. The molecule has 1 aromatic rings. The lowest BCUT2D eigenvalue weighted by Gasteiger charge is -2.17. The Hall–Kier alpha value is -2.87. The fourth-order valence-electron chi connectivity index (χ4n) is 4.11. The molecule has 1 saturated carbocycles. The first-order valence-electron chi connectivity index (χ1n) is 9.31. The Morgan fingerprint density at radius 3 is 2.68 bits per heavy atom. The van der Waals surface area contributed by atoms with Gasteiger partial charge in [-0.3, -0.25) is 9.59 Å². The van der Waals surface area contributed by atoms with Crippen molar-refractivity contribution < 1.29 is 24.2 Å². The number of carbonyl (C=O) groups is 3. The molecule has 0 aromatic heterocycles. The van der Waals surface area contributed by atoms with Crippen LogP contribution in [0.4, 0.5) is 11.4 Å². The van der Waals surface area contributed by atoms with Crippen LogP contribution >= 0.6 is 0 Å². The zero-order valence-electron chi connectivity index (χ0n) is 15.9. The number of hydrogen-bond donors (Lipinski definition) is 2. The summed E-state index contributed by atoms with van der Waals surface area (Å²) in [6.07, 6.45) is 2.14. The lowest BCUT2D eigenvalue weighted by atomic mass is 9.98. The molecule has 2 aliphatic heterocycles. The monoisotopic (exact) mass is 385 g/mol. The number of carbonyl (C=O) groups excluding carboxylic acids is 3. The third-order valence-corrected chi connectivity index (χ3v) is 5.78. The Kier molecular flexibility index (Phi) is 4.38. The Balaban J connectivity index is 1.67. The van der Waals surface area contributed by atoms with Crippen molar-refractivity contribution in [3.05, 3.63) is 35.0 Å². The summed E-state index contributed by atoms with van der Waals surface area (Å²) in [5.41, 5.74) is 3.09. The molecule has 0 bridgehead atoms. The fraction of sp³-hybridized carbons (Fsp3) is 0.450. The van der Waals surface area contributed by atoms with Gasteiger partial charge >= 0.3 is 5.97 Å². The number of amides is 2. The Morgan fingerprint density at radius 1 is 1.32 bits per heavy atom. The van der Waals surface area contributed by atoms with Gasteiger partial charge in [-0.15, -0.1) is 0 Å². The van der Waals surface area contributed by atoms with E-state index in [0.29, 0.717) is 12.2 Å². The zero-order valence-corrected chi connectivity index (χ0v) is 15.9. The number of aliphatic hydroxyl groups excluding tert-OH is 1. The van der Waals surface area contributed by atoms with Crippen LogP contribution in [-0.2, 0) is 24.5 Å². The van der Waals surface area contributed by atoms with E-state index < -0.39 is 5.97 Å². The van der Waals surface area contributed by atoms with Crippen LogP contribution in [0, 0.1) is 0 Å². The minimum atomic E-state index is -0.584. The first-order chi connectivity index (χ1) is 13.4. The first-order valence-corrected chi connectivity index (χ1v) is 9.31. The molecule has 2 amide bonds. The second-order valence-electron chi connectivity index (χ2n) is 7.54. The van der Waals surface area contributed by atoms with E-state index >= 15 is 0 Å². The number of anilines is 2. The van der Waals surface area contributed by atoms with E-state index in [-0.39, 0.29) is 48.2 Å². The highest BCUT2D eigenvalue weighted by Crippen LogP contribution is 2.56. The van der Waals surface area contributed by atoms with Crippen molar-refractivity contribution in [2.75, 3.05) is 43.6 Å². The van der Waals surface area contributed by atoms with Crippen molar-refractivity contribution in [3.8, 4) is 0 Å². The molecule has 2 N–H and O–H groups in total. The van der Waals surface area contributed by atoms with Gasteiger partial charge in [0.2, 0.25) is 5.91 Å². The number of nitrogens with one attached hydrogen (secondary N) is 1. The lowest BCUT2D eigenvalue weighted by Crippen LogP contribution is -2.31. The molecule has 2 heterocycles. The van der Waals surface area contributed by atoms with Crippen LogP contribution in [0.3, 0.4) is 0 Å². The number of β-amino-alcohol motifs (C(OH)–C–C–N with tert-alkyl or cyclic N) is 1. The quantitative estimate of drug-likeness (QED) is 0.726. The summed E-state index contributed by atoms with van der Waals surface area (Å²) in [4.78, 5) is 40.0. The molecule has 148 valence electrons. The summed E-state index contributed by atoms with van der Waals surface area (Å²) >= 11 is 0. The summed E-state index contributed by atoms with van der Waals surface area (Å²) in [6, 6.07) is 5.72. The summed E-state index contributed by atoms with van der Waals surface area (Å²) in [6.45, 7) is 2.27. The standard InChI is InChI=1S/C20H23N3O5/c1-12(25)23-11-20(5-6-20)15-4-3-13(9-16(15)23)21-17-14(19(27)28-2)10-22(7-8-24)18(17)26/h3-4,9,21,24H,5-8,10-11H2,1-2H3.